The second-order valence-electron chi connectivity index (χ2n) is 6.34. The fraction of sp³-hybridized carbons (Fsp3) is 0.296. The molecule has 2 aromatic carbocycles. The van der Waals surface area contributed by atoms with Gasteiger partial charge in [-0.25, -0.2) is 4.21 Å². The van der Waals surface area contributed by atoms with E-state index in [4.69, 9.17) is 11.6 Å². The number of nitrogens with one attached hydrogen (secondary N) is 1. The zero-order valence-corrected chi connectivity index (χ0v) is 21.8. The molecular formula is C27H37ClN2OS. The minimum absolute atomic E-state index is 0.413. The van der Waals surface area contributed by atoms with Crippen molar-refractivity contribution in [1.29, 1.82) is 0 Å². The number of allylic oxidation sites excluding steroid dienone is 3. The Balaban J connectivity index is 0.00000177. The summed E-state index contributed by atoms with van der Waals surface area (Å²) in [5.74, 6) is 0. The zero-order valence-electron chi connectivity index (χ0n) is 20.2. The number of nitrogens with zero attached hydrogens (tertiary/aromatic N) is 1. The highest BCUT2D eigenvalue weighted by Crippen LogP contribution is 2.23. The monoisotopic (exact) mass is 472 g/mol. The van der Waals surface area contributed by atoms with E-state index in [9.17, 15) is 4.21 Å². The quantitative estimate of drug-likeness (QED) is 0.309. The van der Waals surface area contributed by atoms with Crippen LogP contribution in [0.25, 0.3) is 11.6 Å². The third-order valence-corrected chi connectivity index (χ3v) is 5.17. The van der Waals surface area contributed by atoms with E-state index >= 15 is 0 Å². The molecule has 0 fully saturated rings. The molecule has 0 radical (unpaired) electrons. The molecule has 32 heavy (non-hydrogen) atoms. The molecular weight excluding hydrogens is 436 g/mol. The summed E-state index contributed by atoms with van der Waals surface area (Å²) >= 11 is 6.44. The molecule has 0 heterocycles. The Bertz CT molecular complexity index is 901. The Hall–Kier alpha value is -2.43. The molecule has 0 spiro atoms. The van der Waals surface area contributed by atoms with Crippen molar-refractivity contribution in [3.8, 4) is 0 Å². The van der Waals surface area contributed by atoms with Crippen LogP contribution in [0.2, 0.25) is 0 Å². The van der Waals surface area contributed by atoms with Crippen LogP contribution >= 0.6 is 11.6 Å². The van der Waals surface area contributed by atoms with E-state index in [0.717, 1.165) is 28.8 Å². The number of hydrogen-bond donors (Lipinski definition) is 1. The third kappa shape index (κ3) is 11.3. The van der Waals surface area contributed by atoms with Crippen molar-refractivity contribution in [3.63, 3.8) is 0 Å². The Labute approximate surface area is 202 Å². The van der Waals surface area contributed by atoms with Gasteiger partial charge < -0.3 is 4.72 Å². The molecule has 0 aromatic heterocycles. The summed E-state index contributed by atoms with van der Waals surface area (Å²) in [5, 5.41) is 2.04. The summed E-state index contributed by atoms with van der Waals surface area (Å²) in [6, 6.07) is 18.0. The molecule has 0 aliphatic rings. The fourth-order valence-electron chi connectivity index (χ4n) is 2.56. The lowest BCUT2D eigenvalue weighted by atomic mass is 10.0. The van der Waals surface area contributed by atoms with E-state index in [0.29, 0.717) is 11.7 Å². The van der Waals surface area contributed by atoms with Crippen LogP contribution in [0.4, 0.5) is 0 Å². The zero-order chi connectivity index (χ0) is 24.4. The van der Waals surface area contributed by atoms with Gasteiger partial charge in [0, 0.05) is 23.2 Å². The Morgan fingerprint density at radius 1 is 1.09 bits per heavy atom. The first-order chi connectivity index (χ1) is 15.5. The van der Waals surface area contributed by atoms with Gasteiger partial charge in [0.15, 0.2) is 0 Å². The van der Waals surface area contributed by atoms with Crippen molar-refractivity contribution < 1.29 is 4.21 Å². The van der Waals surface area contributed by atoms with Gasteiger partial charge in [-0.1, -0.05) is 93.0 Å². The van der Waals surface area contributed by atoms with E-state index in [-0.39, 0.29) is 0 Å². The van der Waals surface area contributed by atoms with Crippen molar-refractivity contribution in [1.82, 2.24) is 4.72 Å². The summed E-state index contributed by atoms with van der Waals surface area (Å²) in [4.78, 5) is 4.33. The van der Waals surface area contributed by atoms with Crippen LogP contribution in [0.1, 0.15) is 58.2 Å². The van der Waals surface area contributed by atoms with E-state index in [2.05, 4.69) is 35.3 Å². The minimum Gasteiger partial charge on any atom is -0.305 e. The van der Waals surface area contributed by atoms with Gasteiger partial charge in [0.2, 0.25) is 0 Å². The molecule has 0 amide bonds. The molecule has 1 N–H and O–H groups in total. The van der Waals surface area contributed by atoms with Gasteiger partial charge in [-0.2, -0.15) is 0 Å². The van der Waals surface area contributed by atoms with Crippen LogP contribution in [0.3, 0.4) is 0 Å². The predicted molar refractivity (Wildman–Crippen MR) is 146 cm³/mol. The van der Waals surface area contributed by atoms with Gasteiger partial charge >= 0.3 is 0 Å². The first-order valence-electron chi connectivity index (χ1n) is 10.9. The van der Waals surface area contributed by atoms with Gasteiger partial charge in [0.1, 0.15) is 16.2 Å². The molecule has 0 aliphatic carbocycles. The van der Waals surface area contributed by atoms with Gasteiger partial charge in [-0.15, -0.1) is 6.58 Å². The highest BCUT2D eigenvalue weighted by atomic mass is 35.5. The van der Waals surface area contributed by atoms with E-state index in [1.807, 2.05) is 83.2 Å². The number of benzene rings is 2. The van der Waals surface area contributed by atoms with Gasteiger partial charge in [-0.05, 0) is 50.0 Å². The van der Waals surface area contributed by atoms with E-state index in [1.165, 1.54) is 5.56 Å². The predicted octanol–water partition coefficient (Wildman–Crippen LogP) is 7.78. The molecule has 1 unspecified atom stereocenters. The normalized spacial score (nSPS) is 12.5. The van der Waals surface area contributed by atoms with Gasteiger partial charge in [-0.3, -0.25) is 4.99 Å². The van der Waals surface area contributed by atoms with Crippen molar-refractivity contribution in [2.24, 2.45) is 4.99 Å². The number of aliphatic imine (C=N–C) groups is 1. The van der Waals surface area contributed by atoms with Crippen molar-refractivity contribution in [3.05, 3.63) is 95.0 Å². The summed E-state index contributed by atoms with van der Waals surface area (Å²) < 4.78 is 15.5. The van der Waals surface area contributed by atoms with Crippen LogP contribution in [0.5, 0.6) is 0 Å². The first-order valence-corrected chi connectivity index (χ1v) is 12.5. The molecule has 2 aromatic rings. The van der Waals surface area contributed by atoms with Crippen molar-refractivity contribution in [2.45, 2.75) is 48.0 Å². The number of hydrogen-bond acceptors (Lipinski definition) is 2. The summed E-state index contributed by atoms with van der Waals surface area (Å²) in [7, 11) is -1.37. The molecule has 174 valence electrons. The van der Waals surface area contributed by atoms with E-state index < -0.39 is 11.0 Å². The SMILES string of the molecule is C=CC.CC.CCN=C(Cl)/C(=C(\C)NS(=O)/C=C/c1ccccc1)c1ccc(CC)cc1. The lowest BCUT2D eigenvalue weighted by Gasteiger charge is -2.13. The number of rotatable bonds is 8. The average Bonchev–Trinajstić information content (AvgIpc) is 2.81. The minimum atomic E-state index is -1.37. The summed E-state index contributed by atoms with van der Waals surface area (Å²) in [5.41, 5.74) is 4.68. The molecule has 1 atom stereocenters. The molecule has 3 nitrogen and oxygen atoms in total. The van der Waals surface area contributed by atoms with E-state index in [1.54, 1.807) is 11.5 Å². The highest BCUT2D eigenvalue weighted by Gasteiger charge is 2.13. The largest absolute Gasteiger partial charge is 0.305 e. The average molecular weight is 473 g/mol. The third-order valence-electron chi connectivity index (χ3n) is 3.97. The van der Waals surface area contributed by atoms with Gasteiger partial charge in [0.05, 0.1) is 0 Å². The summed E-state index contributed by atoms with van der Waals surface area (Å²) in [6.07, 6.45) is 4.55. The maximum absolute atomic E-state index is 12.4. The first kappa shape index (κ1) is 29.6. The maximum Gasteiger partial charge on any atom is 0.142 e. The molecule has 2 rings (SSSR count). The fourth-order valence-corrected chi connectivity index (χ4v) is 3.68. The topological polar surface area (TPSA) is 41.5 Å². The van der Waals surface area contributed by atoms with Crippen molar-refractivity contribution in [2.75, 3.05) is 6.54 Å². The van der Waals surface area contributed by atoms with Crippen LogP contribution in [0.15, 0.2) is 83.3 Å². The second-order valence-corrected chi connectivity index (χ2v) is 7.77. The number of aryl methyl sites for hydroxylation is 1. The Morgan fingerprint density at radius 2 is 1.66 bits per heavy atom. The highest BCUT2D eigenvalue weighted by molar-refractivity contribution is 7.86. The van der Waals surface area contributed by atoms with Crippen molar-refractivity contribution >= 4 is 39.4 Å². The Kier molecular flexibility index (Phi) is 16.8. The lowest BCUT2D eigenvalue weighted by Crippen LogP contribution is -2.16. The molecule has 0 saturated carbocycles. The Morgan fingerprint density at radius 3 is 2.16 bits per heavy atom. The van der Waals surface area contributed by atoms with Crippen LogP contribution in [-0.2, 0) is 17.4 Å². The smallest absolute Gasteiger partial charge is 0.142 e. The van der Waals surface area contributed by atoms with Gasteiger partial charge in [0.25, 0.3) is 0 Å². The summed E-state index contributed by atoms with van der Waals surface area (Å²) in [6.45, 7) is 15.8. The van der Waals surface area contributed by atoms with Crippen LogP contribution in [-0.4, -0.2) is 15.9 Å². The molecule has 0 saturated heterocycles. The van der Waals surface area contributed by atoms with Crippen LogP contribution < -0.4 is 4.72 Å². The second kappa shape index (κ2) is 18.2. The van der Waals surface area contributed by atoms with Crippen LogP contribution in [0, 0.1) is 0 Å². The lowest BCUT2D eigenvalue weighted by molar-refractivity contribution is 0.684. The number of halogens is 1. The molecule has 0 bridgehead atoms. The molecule has 5 heteroatoms. The molecule has 0 aliphatic heterocycles. The standard InChI is InChI=1S/C22H25ClN2OS.C3H6.C2H6/c1-4-18-11-13-20(14-12-18)21(22(23)24-5-2)17(3)25-27(26)16-15-19-9-7-6-8-10-19;1-3-2;1-2/h6-16,25H,4-5H2,1-3H3;3H,1H2,2H3;1-2H3/b16-15+,21-17+,24-22?;;. The maximum atomic E-state index is 12.4.